The number of carbonyl (C=O) groups is 2. The van der Waals surface area contributed by atoms with Gasteiger partial charge in [-0.15, -0.1) is 0 Å². The van der Waals surface area contributed by atoms with Crippen molar-refractivity contribution in [3.05, 3.63) is 47.7 Å². The van der Waals surface area contributed by atoms with Gasteiger partial charge in [0, 0.05) is 17.0 Å². The van der Waals surface area contributed by atoms with Crippen molar-refractivity contribution in [2.75, 3.05) is 12.4 Å². The van der Waals surface area contributed by atoms with Crippen molar-refractivity contribution in [2.24, 2.45) is 0 Å². The fraction of sp³-hybridized carbons (Fsp3) is 0.375. The maximum atomic E-state index is 12.1. The predicted molar refractivity (Wildman–Crippen MR) is 86.3 cm³/mol. The highest BCUT2D eigenvalue weighted by Gasteiger charge is 2.21. The molecule has 21 heavy (non-hydrogen) atoms. The summed E-state index contributed by atoms with van der Waals surface area (Å²) in [5.74, 6) is -0.0667. The van der Waals surface area contributed by atoms with Crippen LogP contribution in [0.25, 0.3) is 0 Å². The van der Waals surface area contributed by atoms with E-state index in [9.17, 15) is 9.59 Å². The Balaban J connectivity index is 2.63. The Morgan fingerprint density at radius 1 is 1.33 bits per heavy atom. The van der Waals surface area contributed by atoms with Crippen LogP contribution in [0.5, 0.6) is 0 Å². The van der Waals surface area contributed by atoms with Crippen LogP contribution in [-0.4, -0.2) is 29.5 Å². The standard InChI is InChI=1S/C16H21NO3S/c1-5-20-15(18)14(17-11(2)3)10-21-16(19)13-8-6-12(4)7-9-13/h6-9,14,17H,2,5,10H2,1,3-4H3/t14-/m0/s1. The molecule has 1 rings (SSSR count). The van der Waals surface area contributed by atoms with Crippen LogP contribution in [-0.2, 0) is 9.53 Å². The van der Waals surface area contributed by atoms with Gasteiger partial charge in [-0.1, -0.05) is 48.2 Å². The van der Waals surface area contributed by atoms with Crippen LogP contribution < -0.4 is 5.32 Å². The summed E-state index contributed by atoms with van der Waals surface area (Å²) in [7, 11) is 0. The lowest BCUT2D eigenvalue weighted by molar-refractivity contribution is -0.144. The Morgan fingerprint density at radius 2 is 1.95 bits per heavy atom. The fourth-order valence-corrected chi connectivity index (χ4v) is 2.48. The van der Waals surface area contributed by atoms with Crippen LogP contribution in [0.3, 0.4) is 0 Å². The number of benzene rings is 1. The first-order valence-corrected chi connectivity index (χ1v) is 7.75. The molecule has 114 valence electrons. The third-order valence-electron chi connectivity index (χ3n) is 2.66. The molecule has 0 fully saturated rings. The molecular weight excluding hydrogens is 286 g/mol. The van der Waals surface area contributed by atoms with E-state index in [0.717, 1.165) is 17.3 Å². The highest BCUT2D eigenvalue weighted by molar-refractivity contribution is 8.14. The summed E-state index contributed by atoms with van der Waals surface area (Å²) in [5.41, 5.74) is 2.39. The summed E-state index contributed by atoms with van der Waals surface area (Å²) >= 11 is 1.10. The van der Waals surface area contributed by atoms with Crippen LogP contribution in [0.15, 0.2) is 36.5 Å². The monoisotopic (exact) mass is 307 g/mol. The lowest BCUT2D eigenvalue weighted by Crippen LogP contribution is -2.39. The SMILES string of the molecule is C=C(C)N[C@@H](CSC(=O)c1ccc(C)cc1)C(=O)OCC. The van der Waals surface area contributed by atoms with Crippen LogP contribution >= 0.6 is 11.8 Å². The zero-order valence-electron chi connectivity index (χ0n) is 12.6. The average Bonchev–Trinajstić information content (AvgIpc) is 2.43. The minimum absolute atomic E-state index is 0.0622. The number of carbonyl (C=O) groups excluding carboxylic acids is 2. The molecule has 1 atom stereocenters. The second kappa shape index (κ2) is 8.52. The molecule has 5 heteroatoms. The van der Waals surface area contributed by atoms with Gasteiger partial charge in [-0.2, -0.15) is 0 Å². The van der Waals surface area contributed by atoms with Crippen molar-refractivity contribution in [3.63, 3.8) is 0 Å². The topological polar surface area (TPSA) is 55.4 Å². The molecule has 0 aliphatic heterocycles. The third-order valence-corrected chi connectivity index (χ3v) is 3.66. The van der Waals surface area contributed by atoms with Crippen molar-refractivity contribution in [1.82, 2.24) is 5.32 Å². The molecule has 0 heterocycles. The third kappa shape index (κ3) is 6.04. The number of esters is 1. The van der Waals surface area contributed by atoms with Gasteiger partial charge in [0.15, 0.2) is 0 Å². The Bertz CT molecular complexity index is 511. The van der Waals surface area contributed by atoms with Gasteiger partial charge in [0.2, 0.25) is 5.12 Å². The minimum Gasteiger partial charge on any atom is -0.464 e. The highest BCUT2D eigenvalue weighted by atomic mass is 32.2. The predicted octanol–water partition coefficient (Wildman–Crippen LogP) is 2.92. The number of nitrogens with one attached hydrogen (secondary N) is 1. The van der Waals surface area contributed by atoms with E-state index in [4.69, 9.17) is 4.74 Å². The highest BCUT2D eigenvalue weighted by Crippen LogP contribution is 2.15. The molecule has 0 radical (unpaired) electrons. The van der Waals surface area contributed by atoms with Crippen molar-refractivity contribution >= 4 is 22.8 Å². The number of hydrogen-bond donors (Lipinski definition) is 1. The maximum absolute atomic E-state index is 12.1. The summed E-state index contributed by atoms with van der Waals surface area (Å²) in [6.07, 6.45) is 0. The molecule has 0 spiro atoms. The van der Waals surface area contributed by atoms with Gasteiger partial charge in [-0.25, -0.2) is 4.79 Å². The summed E-state index contributed by atoms with van der Waals surface area (Å²) < 4.78 is 4.99. The molecule has 0 amide bonds. The van der Waals surface area contributed by atoms with Crippen molar-refractivity contribution in [2.45, 2.75) is 26.8 Å². The number of allylic oxidation sites excluding steroid dienone is 1. The van der Waals surface area contributed by atoms with Gasteiger partial charge >= 0.3 is 5.97 Å². The molecular formula is C16H21NO3S. The van der Waals surface area contributed by atoms with E-state index in [1.165, 1.54) is 0 Å². The summed E-state index contributed by atoms with van der Waals surface area (Å²) in [4.78, 5) is 23.9. The zero-order chi connectivity index (χ0) is 15.8. The normalized spacial score (nSPS) is 11.6. The molecule has 0 aliphatic carbocycles. The molecule has 1 aromatic carbocycles. The molecule has 0 saturated carbocycles. The molecule has 0 bridgehead atoms. The molecule has 0 saturated heterocycles. The lowest BCUT2D eigenvalue weighted by Gasteiger charge is -2.17. The summed E-state index contributed by atoms with van der Waals surface area (Å²) in [6.45, 7) is 9.51. The van der Waals surface area contributed by atoms with Gasteiger partial charge in [0.25, 0.3) is 0 Å². The maximum Gasteiger partial charge on any atom is 0.329 e. The van der Waals surface area contributed by atoms with Crippen LogP contribution in [0.4, 0.5) is 0 Å². The molecule has 1 aromatic rings. The Labute approximate surface area is 130 Å². The van der Waals surface area contributed by atoms with Crippen LogP contribution in [0.2, 0.25) is 0 Å². The molecule has 0 aliphatic rings. The Morgan fingerprint density at radius 3 is 2.48 bits per heavy atom. The van der Waals surface area contributed by atoms with Gasteiger partial charge in [-0.05, 0) is 20.8 Å². The molecule has 1 N–H and O–H groups in total. The largest absolute Gasteiger partial charge is 0.464 e. The number of aryl methyl sites for hydroxylation is 1. The van der Waals surface area contributed by atoms with Crippen LogP contribution in [0, 0.1) is 6.92 Å². The van der Waals surface area contributed by atoms with E-state index in [1.54, 1.807) is 26.0 Å². The van der Waals surface area contributed by atoms with E-state index in [-0.39, 0.29) is 11.1 Å². The summed E-state index contributed by atoms with van der Waals surface area (Å²) in [5, 5.41) is 2.88. The smallest absolute Gasteiger partial charge is 0.329 e. The van der Waals surface area contributed by atoms with E-state index >= 15 is 0 Å². The van der Waals surface area contributed by atoms with Crippen molar-refractivity contribution < 1.29 is 14.3 Å². The second-order valence-corrected chi connectivity index (χ2v) is 5.69. The van der Waals surface area contributed by atoms with Crippen molar-refractivity contribution in [3.8, 4) is 0 Å². The average molecular weight is 307 g/mol. The number of ether oxygens (including phenoxy) is 1. The first kappa shape index (κ1) is 17.3. The van der Waals surface area contributed by atoms with Gasteiger partial charge in [0.05, 0.1) is 6.61 Å². The second-order valence-electron chi connectivity index (χ2n) is 4.69. The number of rotatable bonds is 7. The van der Waals surface area contributed by atoms with Crippen molar-refractivity contribution in [1.29, 1.82) is 0 Å². The number of hydrogen-bond acceptors (Lipinski definition) is 5. The van der Waals surface area contributed by atoms with Gasteiger partial charge < -0.3 is 10.1 Å². The number of thioether (sulfide) groups is 1. The first-order chi connectivity index (χ1) is 9.93. The minimum atomic E-state index is -0.568. The first-order valence-electron chi connectivity index (χ1n) is 6.76. The summed E-state index contributed by atoms with van der Waals surface area (Å²) in [6, 6.07) is 6.79. The van der Waals surface area contributed by atoms with E-state index in [2.05, 4.69) is 11.9 Å². The molecule has 0 aromatic heterocycles. The molecule has 0 unspecified atom stereocenters. The van der Waals surface area contributed by atoms with Crippen LogP contribution in [0.1, 0.15) is 29.8 Å². The Hall–Kier alpha value is -1.75. The zero-order valence-corrected chi connectivity index (χ0v) is 13.5. The fourth-order valence-electron chi connectivity index (χ4n) is 1.64. The quantitative estimate of drug-likeness (QED) is 0.785. The molecule has 4 nitrogen and oxygen atoms in total. The van der Waals surface area contributed by atoms with E-state index in [0.29, 0.717) is 23.6 Å². The van der Waals surface area contributed by atoms with Gasteiger partial charge in [0.1, 0.15) is 6.04 Å². The van der Waals surface area contributed by atoms with E-state index < -0.39 is 6.04 Å². The van der Waals surface area contributed by atoms with E-state index in [1.807, 2.05) is 19.1 Å². The Kier molecular flexibility index (Phi) is 7.02. The van der Waals surface area contributed by atoms with Gasteiger partial charge in [-0.3, -0.25) is 4.79 Å². The lowest BCUT2D eigenvalue weighted by atomic mass is 10.2.